The van der Waals surface area contributed by atoms with Gasteiger partial charge in [-0.2, -0.15) is 0 Å². The molecule has 0 fully saturated rings. The summed E-state index contributed by atoms with van der Waals surface area (Å²) in [4.78, 5) is 11.8. The molecule has 0 amide bonds. The molecule has 0 atom stereocenters. The Morgan fingerprint density at radius 3 is 3.00 bits per heavy atom. The van der Waals surface area contributed by atoms with Crippen molar-refractivity contribution in [3.63, 3.8) is 0 Å². The summed E-state index contributed by atoms with van der Waals surface area (Å²) < 4.78 is 0. The third-order valence-electron chi connectivity index (χ3n) is 2.07. The van der Waals surface area contributed by atoms with Gasteiger partial charge in [0.2, 0.25) is 0 Å². The number of thioether (sulfide) groups is 1. The molecule has 2 nitrogen and oxygen atoms in total. The lowest BCUT2D eigenvalue weighted by molar-refractivity contribution is -0.136. The minimum absolute atomic E-state index is 0.154. The van der Waals surface area contributed by atoms with E-state index >= 15 is 0 Å². The van der Waals surface area contributed by atoms with Crippen LogP contribution in [-0.2, 0) is 4.79 Å². The first-order chi connectivity index (χ1) is 6.75. The average molecular weight is 206 g/mol. The van der Waals surface area contributed by atoms with E-state index in [1.165, 1.54) is 4.90 Å². The predicted octanol–water partition coefficient (Wildman–Crippen LogP) is 2.65. The van der Waals surface area contributed by atoms with Crippen molar-refractivity contribution in [2.24, 2.45) is 0 Å². The van der Waals surface area contributed by atoms with Crippen LogP contribution in [0.2, 0.25) is 0 Å². The Balaban J connectivity index is 2.26. The fourth-order valence-electron chi connectivity index (χ4n) is 1.46. The van der Waals surface area contributed by atoms with Gasteiger partial charge in [0.25, 0.3) is 0 Å². The largest absolute Gasteiger partial charge is 0.481 e. The summed E-state index contributed by atoms with van der Waals surface area (Å²) in [7, 11) is 0. The van der Waals surface area contributed by atoms with Crippen LogP contribution in [-0.4, -0.2) is 16.8 Å². The molecule has 0 saturated heterocycles. The van der Waals surface area contributed by atoms with Gasteiger partial charge >= 0.3 is 5.97 Å². The highest BCUT2D eigenvalue weighted by atomic mass is 32.2. The van der Waals surface area contributed by atoms with Gasteiger partial charge < -0.3 is 5.11 Å². The number of hydrogen-bond donors (Lipinski definition) is 1. The fourth-order valence-corrected chi connectivity index (χ4v) is 2.45. The lowest BCUT2D eigenvalue weighted by Crippen LogP contribution is -2.02. The van der Waals surface area contributed by atoms with Gasteiger partial charge in [-0.15, -0.1) is 11.8 Å². The van der Waals surface area contributed by atoms with Crippen LogP contribution in [0.4, 0.5) is 0 Å². The van der Waals surface area contributed by atoms with Gasteiger partial charge in [0.1, 0.15) is 0 Å². The van der Waals surface area contributed by atoms with E-state index in [4.69, 9.17) is 5.11 Å². The van der Waals surface area contributed by atoms with Crippen LogP contribution in [0.25, 0.3) is 6.08 Å². The maximum Gasteiger partial charge on any atom is 0.307 e. The quantitative estimate of drug-likeness (QED) is 0.808. The Morgan fingerprint density at radius 1 is 1.43 bits per heavy atom. The second-order valence-corrected chi connectivity index (χ2v) is 4.22. The summed E-state index contributed by atoms with van der Waals surface area (Å²) in [6, 6.07) is 8.05. The maximum absolute atomic E-state index is 10.5. The van der Waals surface area contributed by atoms with Gasteiger partial charge in [0.05, 0.1) is 6.42 Å². The summed E-state index contributed by atoms with van der Waals surface area (Å²) >= 11 is 1.71. The molecule has 0 aromatic heterocycles. The number of aliphatic carboxylic acids is 1. The van der Waals surface area contributed by atoms with Crippen LogP contribution >= 0.6 is 11.8 Å². The molecule has 0 spiro atoms. The molecular weight excluding hydrogens is 196 g/mol. The third-order valence-corrected chi connectivity index (χ3v) is 3.27. The van der Waals surface area contributed by atoms with E-state index in [1.807, 2.05) is 24.3 Å². The fraction of sp³-hybridized carbons (Fsp3) is 0.182. The molecule has 1 aromatic rings. The van der Waals surface area contributed by atoms with Gasteiger partial charge in [-0.1, -0.05) is 24.3 Å². The number of carboxylic acids is 1. The van der Waals surface area contributed by atoms with Crippen molar-refractivity contribution in [1.82, 2.24) is 0 Å². The second-order valence-electron chi connectivity index (χ2n) is 3.20. The lowest BCUT2D eigenvalue weighted by Gasteiger charge is -2.14. The molecule has 72 valence electrons. The molecule has 1 aliphatic rings. The first kappa shape index (κ1) is 9.34. The van der Waals surface area contributed by atoms with Crippen molar-refractivity contribution in [3.05, 3.63) is 35.4 Å². The Kier molecular flexibility index (Phi) is 2.59. The molecule has 1 aliphatic heterocycles. The zero-order valence-electron chi connectivity index (χ0n) is 7.56. The van der Waals surface area contributed by atoms with Crippen LogP contribution in [0.15, 0.2) is 34.7 Å². The van der Waals surface area contributed by atoms with Gasteiger partial charge in [-0.05, 0) is 17.2 Å². The van der Waals surface area contributed by atoms with Crippen molar-refractivity contribution in [1.29, 1.82) is 0 Å². The molecule has 1 heterocycles. The van der Waals surface area contributed by atoms with Crippen molar-refractivity contribution in [2.75, 3.05) is 5.75 Å². The molecule has 1 N–H and O–H groups in total. The zero-order valence-corrected chi connectivity index (χ0v) is 8.38. The van der Waals surface area contributed by atoms with E-state index in [1.54, 1.807) is 11.8 Å². The summed E-state index contributed by atoms with van der Waals surface area (Å²) in [5.41, 5.74) is 2.13. The summed E-state index contributed by atoms with van der Waals surface area (Å²) in [6.07, 6.45) is 2.14. The number of fused-ring (bicyclic) bond motifs is 1. The van der Waals surface area contributed by atoms with Crippen LogP contribution in [0.3, 0.4) is 0 Å². The van der Waals surface area contributed by atoms with Gasteiger partial charge in [0, 0.05) is 10.6 Å². The van der Waals surface area contributed by atoms with Crippen LogP contribution in [0.1, 0.15) is 12.0 Å². The highest BCUT2D eigenvalue weighted by Gasteiger charge is 2.12. The van der Waals surface area contributed by atoms with Gasteiger partial charge in [0.15, 0.2) is 0 Å². The maximum atomic E-state index is 10.5. The molecule has 3 heteroatoms. The highest BCUT2D eigenvalue weighted by Crippen LogP contribution is 2.32. The summed E-state index contributed by atoms with van der Waals surface area (Å²) in [5.74, 6) is 0.0415. The normalized spacial score (nSPS) is 14.4. The molecule has 1 aromatic carbocycles. The zero-order chi connectivity index (χ0) is 9.97. The van der Waals surface area contributed by atoms with E-state index in [9.17, 15) is 4.79 Å². The standard InChI is InChI=1S/C11H10O2S/c12-11(13)6-8-5-9-3-1-2-4-10(9)14-7-8/h1-5H,6-7H2,(H,12,13). The number of benzene rings is 1. The number of hydrogen-bond acceptors (Lipinski definition) is 2. The number of carboxylic acid groups (broad SMARTS) is 1. The van der Waals surface area contributed by atoms with E-state index in [2.05, 4.69) is 6.07 Å². The SMILES string of the molecule is O=C(O)CC1=Cc2ccccc2SC1. The predicted molar refractivity (Wildman–Crippen MR) is 57.4 cm³/mol. The van der Waals surface area contributed by atoms with E-state index in [0.29, 0.717) is 0 Å². The third kappa shape index (κ3) is 1.99. The van der Waals surface area contributed by atoms with Crippen molar-refractivity contribution < 1.29 is 9.90 Å². The molecule has 14 heavy (non-hydrogen) atoms. The molecule has 0 bridgehead atoms. The van der Waals surface area contributed by atoms with Gasteiger partial charge in [-0.3, -0.25) is 4.79 Å². The second kappa shape index (κ2) is 3.88. The molecule has 0 unspecified atom stereocenters. The van der Waals surface area contributed by atoms with Crippen molar-refractivity contribution >= 4 is 23.8 Å². The summed E-state index contributed by atoms with van der Waals surface area (Å²) in [6.45, 7) is 0. The topological polar surface area (TPSA) is 37.3 Å². The van der Waals surface area contributed by atoms with Crippen molar-refractivity contribution in [2.45, 2.75) is 11.3 Å². The molecule has 2 rings (SSSR count). The van der Waals surface area contributed by atoms with Crippen LogP contribution < -0.4 is 0 Å². The molecule has 0 radical (unpaired) electrons. The molecular formula is C11H10O2S. The van der Waals surface area contributed by atoms with Crippen molar-refractivity contribution in [3.8, 4) is 0 Å². The lowest BCUT2D eigenvalue weighted by atomic mass is 10.1. The van der Waals surface area contributed by atoms with E-state index in [0.717, 1.165) is 16.9 Å². The van der Waals surface area contributed by atoms with E-state index < -0.39 is 5.97 Å². The minimum Gasteiger partial charge on any atom is -0.481 e. The average Bonchev–Trinajstić information content (AvgIpc) is 2.17. The Hall–Kier alpha value is -1.22. The molecule has 0 aliphatic carbocycles. The number of carbonyl (C=O) groups is 1. The first-order valence-electron chi connectivity index (χ1n) is 4.39. The summed E-state index contributed by atoms with van der Waals surface area (Å²) in [5, 5.41) is 8.66. The van der Waals surface area contributed by atoms with Gasteiger partial charge in [-0.25, -0.2) is 0 Å². The van der Waals surface area contributed by atoms with Crippen LogP contribution in [0, 0.1) is 0 Å². The molecule has 0 saturated carbocycles. The first-order valence-corrected chi connectivity index (χ1v) is 5.37. The Morgan fingerprint density at radius 2 is 2.21 bits per heavy atom. The number of rotatable bonds is 2. The smallest absolute Gasteiger partial charge is 0.307 e. The highest BCUT2D eigenvalue weighted by molar-refractivity contribution is 7.99. The Labute approximate surface area is 86.6 Å². The van der Waals surface area contributed by atoms with Crippen LogP contribution in [0.5, 0.6) is 0 Å². The minimum atomic E-state index is -0.753. The van der Waals surface area contributed by atoms with E-state index in [-0.39, 0.29) is 6.42 Å². The Bertz CT molecular complexity index is 396. The monoisotopic (exact) mass is 206 g/mol.